The third-order valence-corrected chi connectivity index (χ3v) is 29.9. The van der Waals surface area contributed by atoms with Crippen molar-refractivity contribution in [3.8, 4) is 0 Å². The molecule has 1 heterocycles. The average Bonchev–Trinajstić information content (AvgIpc) is 1.37. The molecule has 0 atom stereocenters. The van der Waals surface area contributed by atoms with Crippen LogP contribution in [0.4, 0.5) is 4.79 Å². The van der Waals surface area contributed by atoms with Gasteiger partial charge in [0.2, 0.25) is 0 Å². The maximum absolute atomic E-state index is 17.8. The van der Waals surface area contributed by atoms with E-state index in [1.807, 2.05) is 0 Å². The van der Waals surface area contributed by atoms with Crippen LogP contribution in [0.5, 0.6) is 0 Å². The van der Waals surface area contributed by atoms with Crippen LogP contribution >= 0.6 is 0 Å². The topological polar surface area (TPSA) is 23.3 Å². The van der Waals surface area contributed by atoms with E-state index < -0.39 is 11.1 Å². The number of hydrogen-bond donors (Lipinski definition) is 0. The maximum atomic E-state index is 17.8. The highest BCUT2D eigenvalue weighted by Gasteiger charge is 2.88. The molecule has 1 saturated heterocycles. The van der Waals surface area contributed by atoms with Crippen molar-refractivity contribution in [3.05, 3.63) is 22.3 Å². The smallest absolute Gasteiger partial charge is 0.322 e. The lowest BCUT2D eigenvalue weighted by molar-refractivity contribution is 0.172. The SMILES string of the molecule is CCCCCCCCCCCCN(CCCCCCCCCCCC)C(=O)N1C23c4c5c6c7c8c9c(c%10c%11c2c2c4c4c%12c5c5c6c6c8c8c%13c9c9c%10c%10c%11c%11c2c2c4c4c%12c%12c5c5c6c8c6c8c%13c9c9c%10c%10c%11c2c2c4c4c%12c5c6c5c8c9c%10c2c45)C713. The van der Waals surface area contributed by atoms with Gasteiger partial charge >= 0.3 is 6.03 Å². The molecule has 0 N–H and O–H groups in total. The second kappa shape index (κ2) is 10.9. The molecular formula is C85H50N2O. The first-order chi connectivity index (χ1) is 43.8. The number of benzene rings is 18. The van der Waals surface area contributed by atoms with Crippen LogP contribution in [0.2, 0.25) is 0 Å². The van der Waals surface area contributed by atoms with Crippen LogP contribution in [0, 0.1) is 0 Å². The van der Waals surface area contributed by atoms with Crippen LogP contribution in [-0.4, -0.2) is 28.9 Å². The van der Waals surface area contributed by atoms with Crippen LogP contribution in [0.3, 0.4) is 0 Å². The van der Waals surface area contributed by atoms with E-state index in [0.717, 1.165) is 25.9 Å². The van der Waals surface area contributed by atoms with Crippen molar-refractivity contribution >= 4 is 297 Å². The summed E-state index contributed by atoms with van der Waals surface area (Å²) in [5, 5.41) is 87.5. The number of carbonyl (C=O) groups excluding carboxylic acids is 1. The fraction of sp³-hybridized carbons (Fsp3) is 0.306. The van der Waals surface area contributed by atoms with Gasteiger partial charge in [-0.1, -0.05) is 129 Å². The Bertz CT molecular complexity index is 6960. The van der Waals surface area contributed by atoms with E-state index in [9.17, 15) is 0 Å². The Morgan fingerprint density at radius 1 is 0.216 bits per heavy atom. The number of rotatable bonds is 22. The summed E-state index contributed by atoms with van der Waals surface area (Å²) in [5.41, 5.74) is 5.15. The fourth-order valence-electron chi connectivity index (χ4n) is 28.3. The molecule has 0 aromatic heterocycles. The lowest BCUT2D eigenvalue weighted by Crippen LogP contribution is -2.39. The zero-order chi connectivity index (χ0) is 54.8. The van der Waals surface area contributed by atoms with Crippen LogP contribution in [0.1, 0.15) is 165 Å². The Morgan fingerprint density at radius 3 is 0.511 bits per heavy atom. The lowest BCUT2D eigenvalue weighted by atomic mass is 9.68. The number of unbranched alkanes of at least 4 members (excludes halogenated alkanes) is 18. The van der Waals surface area contributed by atoms with Crippen molar-refractivity contribution < 1.29 is 4.79 Å². The van der Waals surface area contributed by atoms with E-state index in [-0.39, 0.29) is 0 Å². The second-order valence-electron chi connectivity index (χ2n) is 32.1. The molecule has 2 spiro atoms. The maximum Gasteiger partial charge on any atom is 0.322 e. The monoisotopic (exact) mass is 1110 g/mol. The van der Waals surface area contributed by atoms with E-state index >= 15 is 4.79 Å². The summed E-state index contributed by atoms with van der Waals surface area (Å²) in [6.07, 6.45) is 26.3. The molecule has 33 rings (SSSR count). The highest BCUT2D eigenvalue weighted by molar-refractivity contribution is 6.82. The third-order valence-electron chi connectivity index (χ3n) is 29.9. The Hall–Kier alpha value is -8.27. The first kappa shape index (κ1) is 40.3. The molecule has 1 fully saturated rings. The molecule has 28 aromatic rings. The number of hydrogen-bond acceptors (Lipinski definition) is 1. The minimum absolute atomic E-state index is 0.363. The number of urea groups is 1. The quantitative estimate of drug-likeness (QED) is 0.0377. The molecule has 0 saturated carbocycles. The van der Waals surface area contributed by atoms with Crippen molar-refractivity contribution in [2.75, 3.05) is 13.1 Å². The van der Waals surface area contributed by atoms with Crippen LogP contribution in [0.25, 0.3) is 291 Å². The number of amides is 2. The summed E-state index contributed by atoms with van der Waals surface area (Å²) < 4.78 is 0. The Morgan fingerprint density at radius 2 is 0.352 bits per heavy atom. The van der Waals surface area contributed by atoms with E-state index in [1.54, 1.807) is 313 Å². The normalized spacial score (nSPS) is 20.1. The summed E-state index contributed by atoms with van der Waals surface area (Å²) >= 11 is 0. The van der Waals surface area contributed by atoms with Gasteiger partial charge in [-0.2, -0.15) is 0 Å². The van der Waals surface area contributed by atoms with Crippen LogP contribution < -0.4 is 0 Å². The molecule has 406 valence electrons. The summed E-state index contributed by atoms with van der Waals surface area (Å²) in [4.78, 5) is 23.1. The summed E-state index contributed by atoms with van der Waals surface area (Å²) in [6, 6.07) is 0.363. The van der Waals surface area contributed by atoms with Gasteiger partial charge in [-0.15, -0.1) is 0 Å². The predicted octanol–water partition coefficient (Wildman–Crippen LogP) is 24.8. The highest BCUT2D eigenvalue weighted by atomic mass is 16.2. The highest BCUT2D eigenvalue weighted by Crippen LogP contribution is 2.90. The number of carbonyl (C=O) groups is 1. The minimum atomic E-state index is -0.608. The minimum Gasteiger partial charge on any atom is -0.325 e. The fourth-order valence-corrected chi connectivity index (χ4v) is 28.3. The molecule has 4 aliphatic carbocycles. The first-order valence-corrected chi connectivity index (χ1v) is 35.6. The molecule has 2 amide bonds. The van der Waals surface area contributed by atoms with Gasteiger partial charge in [0.1, 0.15) is 11.1 Å². The van der Waals surface area contributed by atoms with Gasteiger partial charge in [-0.3, -0.25) is 4.90 Å². The summed E-state index contributed by atoms with van der Waals surface area (Å²) in [7, 11) is 0. The second-order valence-corrected chi connectivity index (χ2v) is 32.1. The molecule has 0 unspecified atom stereocenters. The van der Waals surface area contributed by atoms with Crippen molar-refractivity contribution in [2.24, 2.45) is 0 Å². The molecule has 0 bridgehead atoms. The zero-order valence-corrected chi connectivity index (χ0v) is 49.4. The molecular weight excluding hydrogens is 1060 g/mol. The first-order valence-electron chi connectivity index (χ1n) is 35.6. The van der Waals surface area contributed by atoms with E-state index in [2.05, 4.69) is 23.6 Å². The third kappa shape index (κ3) is 2.77. The van der Waals surface area contributed by atoms with Crippen LogP contribution in [-0.2, 0) is 11.1 Å². The van der Waals surface area contributed by atoms with Crippen molar-refractivity contribution in [1.82, 2.24) is 9.80 Å². The van der Waals surface area contributed by atoms with E-state index in [4.69, 9.17) is 0 Å². The van der Waals surface area contributed by atoms with Crippen LogP contribution in [0.15, 0.2) is 0 Å². The summed E-state index contributed by atoms with van der Waals surface area (Å²) in [5.74, 6) is 0. The molecule has 1 aliphatic heterocycles. The van der Waals surface area contributed by atoms with Crippen molar-refractivity contribution in [3.63, 3.8) is 0 Å². The molecule has 5 aliphatic rings. The van der Waals surface area contributed by atoms with Gasteiger partial charge in [0.25, 0.3) is 0 Å². The lowest BCUT2D eigenvalue weighted by Gasteiger charge is -2.29. The van der Waals surface area contributed by atoms with Crippen molar-refractivity contribution in [1.29, 1.82) is 0 Å². The van der Waals surface area contributed by atoms with E-state index in [1.165, 1.54) is 116 Å². The van der Waals surface area contributed by atoms with Gasteiger partial charge in [-0.25, -0.2) is 4.79 Å². The predicted molar refractivity (Wildman–Crippen MR) is 376 cm³/mol. The van der Waals surface area contributed by atoms with Crippen molar-refractivity contribution in [2.45, 2.75) is 153 Å². The number of nitrogens with zero attached hydrogens (tertiary/aromatic N) is 2. The molecule has 3 heteroatoms. The van der Waals surface area contributed by atoms with E-state index in [0.29, 0.717) is 6.03 Å². The largest absolute Gasteiger partial charge is 0.325 e. The average molecular weight is 1120 g/mol. The van der Waals surface area contributed by atoms with Gasteiger partial charge < -0.3 is 4.90 Å². The molecule has 3 nitrogen and oxygen atoms in total. The molecule has 0 radical (unpaired) electrons. The molecule has 88 heavy (non-hydrogen) atoms. The summed E-state index contributed by atoms with van der Waals surface area (Å²) in [6.45, 7) is 6.40. The van der Waals surface area contributed by atoms with Gasteiger partial charge in [-0.05, 0) is 304 Å². The van der Waals surface area contributed by atoms with Gasteiger partial charge in [0.05, 0.1) is 0 Å². The zero-order valence-electron chi connectivity index (χ0n) is 49.4. The van der Waals surface area contributed by atoms with Gasteiger partial charge in [0.15, 0.2) is 0 Å². The van der Waals surface area contributed by atoms with Gasteiger partial charge in [0, 0.05) is 35.3 Å². The Labute approximate surface area is 497 Å². The molecule has 28 aromatic carbocycles. The Kier molecular flexibility index (Phi) is 5.00. The Balaban J connectivity index is 0.771. The standard InChI is InChI=1S/C85H50N2O/c1-3-5-7-9-11-13-15-17-19-21-23-86(24-22-20-18-16-14-12-10-8-6-4-2)83(88)87-84-79-71-63-53-43-35-27-25-26-29-33-31(27)39-47-41(33)51-45-37(29)38-30(26)34-32-28(25)36(35)44-50-40(32)48-42(34)52-46(38)56-55(45)65-59(51)69-61(47)67(57(63)49(39)43)75(79)77(69)81-73(65)74-66(56)60(52)70-62(48)68-58(50)64(54(44)53)72(71)80(84)76(68)78(70)82(74)85(81,84)87/h3-24H2,1-2H3.